The van der Waals surface area contributed by atoms with E-state index in [-0.39, 0.29) is 17.5 Å². The number of hydrogen-bond acceptors (Lipinski definition) is 8. The molecule has 0 unspecified atom stereocenters. The van der Waals surface area contributed by atoms with E-state index in [9.17, 15) is 9.18 Å². The molecular weight excluding hydrogens is 413 g/mol. The lowest BCUT2D eigenvalue weighted by Gasteiger charge is -2.36. The van der Waals surface area contributed by atoms with Crippen LogP contribution in [0.15, 0.2) is 33.9 Å². The molecule has 1 aliphatic heterocycles. The Balaban J connectivity index is 1.28. The maximum atomic E-state index is 13.1. The fourth-order valence-electron chi connectivity index (χ4n) is 3.17. The maximum Gasteiger partial charge on any atom is 0.277 e. The van der Waals surface area contributed by atoms with Gasteiger partial charge in [0.25, 0.3) is 11.1 Å². The van der Waals surface area contributed by atoms with Crippen molar-refractivity contribution in [3.8, 4) is 10.8 Å². The van der Waals surface area contributed by atoms with Gasteiger partial charge in [-0.1, -0.05) is 11.8 Å². The van der Waals surface area contributed by atoms with Crippen molar-refractivity contribution in [2.24, 2.45) is 0 Å². The molecule has 3 heterocycles. The summed E-state index contributed by atoms with van der Waals surface area (Å²) in [6, 6.07) is 6.44. The number of hydrogen-bond donors (Lipinski definition) is 0. The number of thiazole rings is 1. The maximum absolute atomic E-state index is 13.1. The lowest BCUT2D eigenvalue weighted by atomic mass is 10.2. The van der Waals surface area contributed by atoms with Gasteiger partial charge in [0.05, 0.1) is 16.5 Å². The molecule has 3 aromatic rings. The lowest BCUT2D eigenvalue weighted by molar-refractivity contribution is -0.128. The van der Waals surface area contributed by atoms with E-state index in [1.807, 2.05) is 18.7 Å². The molecule has 7 nitrogen and oxygen atoms in total. The van der Waals surface area contributed by atoms with Crippen LogP contribution in [0, 0.1) is 19.7 Å². The molecule has 152 valence electrons. The zero-order valence-electron chi connectivity index (χ0n) is 16.1. The van der Waals surface area contributed by atoms with Crippen LogP contribution in [0.5, 0.6) is 0 Å². The zero-order valence-corrected chi connectivity index (χ0v) is 17.7. The summed E-state index contributed by atoms with van der Waals surface area (Å²) in [5, 5.41) is 9.43. The molecule has 0 atom stereocenters. The SMILES string of the molecule is Cc1nc(C)c(-c2nnc(SCC(=O)N3CCN(c4ccc(F)cc4)CC3)o2)s1. The summed E-state index contributed by atoms with van der Waals surface area (Å²) in [5.74, 6) is 0.484. The van der Waals surface area contributed by atoms with Crippen LogP contribution >= 0.6 is 23.1 Å². The molecular formula is C19H20FN5O2S2. The Morgan fingerprint density at radius 2 is 1.90 bits per heavy atom. The molecule has 2 aromatic heterocycles. The normalized spacial score (nSPS) is 14.4. The Kier molecular flexibility index (Phi) is 5.81. The van der Waals surface area contributed by atoms with E-state index in [0.29, 0.717) is 24.2 Å². The molecule has 1 amide bonds. The highest BCUT2D eigenvalue weighted by molar-refractivity contribution is 7.99. The van der Waals surface area contributed by atoms with Crippen molar-refractivity contribution < 1.29 is 13.6 Å². The predicted molar refractivity (Wildman–Crippen MR) is 111 cm³/mol. The number of piperazine rings is 1. The van der Waals surface area contributed by atoms with Crippen LogP contribution in [-0.4, -0.2) is 57.9 Å². The van der Waals surface area contributed by atoms with E-state index in [0.717, 1.165) is 34.4 Å². The number of nitrogens with zero attached hydrogens (tertiary/aromatic N) is 5. The third-order valence-electron chi connectivity index (χ3n) is 4.65. The van der Waals surface area contributed by atoms with Gasteiger partial charge < -0.3 is 14.2 Å². The van der Waals surface area contributed by atoms with E-state index in [2.05, 4.69) is 20.1 Å². The summed E-state index contributed by atoms with van der Waals surface area (Å²) < 4.78 is 18.8. The number of amides is 1. The average Bonchev–Trinajstić information content (AvgIpc) is 3.32. The quantitative estimate of drug-likeness (QED) is 0.571. The van der Waals surface area contributed by atoms with Crippen LogP contribution in [0.1, 0.15) is 10.7 Å². The second-order valence-electron chi connectivity index (χ2n) is 6.65. The summed E-state index contributed by atoms with van der Waals surface area (Å²) in [6.45, 7) is 6.54. The second kappa shape index (κ2) is 8.50. The topological polar surface area (TPSA) is 75.4 Å². The number of benzene rings is 1. The van der Waals surface area contributed by atoms with Gasteiger partial charge in [-0.2, -0.15) is 0 Å². The molecule has 1 saturated heterocycles. The van der Waals surface area contributed by atoms with Crippen LogP contribution in [0.4, 0.5) is 10.1 Å². The van der Waals surface area contributed by atoms with Crippen LogP contribution in [0.3, 0.4) is 0 Å². The van der Waals surface area contributed by atoms with Gasteiger partial charge in [-0.15, -0.1) is 21.5 Å². The molecule has 0 bridgehead atoms. The molecule has 0 saturated carbocycles. The van der Waals surface area contributed by atoms with Crippen molar-refractivity contribution >= 4 is 34.7 Å². The minimum absolute atomic E-state index is 0.0401. The lowest BCUT2D eigenvalue weighted by Crippen LogP contribution is -2.49. The molecule has 1 fully saturated rings. The van der Waals surface area contributed by atoms with Gasteiger partial charge in [-0.05, 0) is 38.1 Å². The largest absolute Gasteiger partial charge is 0.410 e. The first kappa shape index (κ1) is 19.8. The highest BCUT2D eigenvalue weighted by Crippen LogP contribution is 2.30. The number of aryl methyl sites for hydroxylation is 2. The first-order valence-corrected chi connectivity index (χ1v) is 11.0. The fraction of sp³-hybridized carbons (Fsp3) is 0.368. The summed E-state index contributed by atoms with van der Waals surface area (Å²) in [5.41, 5.74) is 1.84. The molecule has 0 aliphatic carbocycles. The Morgan fingerprint density at radius 3 is 2.55 bits per heavy atom. The fourth-order valence-corrected chi connectivity index (χ4v) is 4.68. The molecule has 1 aliphatic rings. The van der Waals surface area contributed by atoms with E-state index >= 15 is 0 Å². The monoisotopic (exact) mass is 433 g/mol. The van der Waals surface area contributed by atoms with Gasteiger partial charge in [0, 0.05) is 31.9 Å². The van der Waals surface area contributed by atoms with E-state index in [1.165, 1.54) is 35.2 Å². The van der Waals surface area contributed by atoms with Crippen molar-refractivity contribution in [3.05, 3.63) is 40.8 Å². The smallest absolute Gasteiger partial charge is 0.277 e. The van der Waals surface area contributed by atoms with Crippen LogP contribution in [0.2, 0.25) is 0 Å². The van der Waals surface area contributed by atoms with Gasteiger partial charge in [0.1, 0.15) is 10.7 Å². The average molecular weight is 434 g/mol. The van der Waals surface area contributed by atoms with E-state index in [1.54, 1.807) is 12.1 Å². The zero-order chi connectivity index (χ0) is 20.4. The molecule has 10 heteroatoms. The van der Waals surface area contributed by atoms with Crippen molar-refractivity contribution in [3.63, 3.8) is 0 Å². The molecule has 0 spiro atoms. The van der Waals surface area contributed by atoms with Gasteiger partial charge in [-0.25, -0.2) is 9.37 Å². The number of carbonyl (C=O) groups is 1. The standard InChI is InChI=1S/C19H20FN5O2S2/c1-12-17(29-13(2)21-12)18-22-23-19(27-18)28-11-16(26)25-9-7-24(8-10-25)15-5-3-14(20)4-6-15/h3-6H,7-11H2,1-2H3. The number of halogens is 1. The first-order valence-electron chi connectivity index (χ1n) is 9.18. The highest BCUT2D eigenvalue weighted by atomic mass is 32.2. The summed E-state index contributed by atoms with van der Waals surface area (Å²) >= 11 is 2.76. The second-order valence-corrected chi connectivity index (χ2v) is 8.78. The molecule has 1 aromatic carbocycles. The Labute approximate surface area is 175 Å². The van der Waals surface area contributed by atoms with Gasteiger partial charge >= 0.3 is 0 Å². The molecule has 29 heavy (non-hydrogen) atoms. The summed E-state index contributed by atoms with van der Waals surface area (Å²) in [7, 11) is 0. The number of carbonyl (C=O) groups excluding carboxylic acids is 1. The molecule has 0 radical (unpaired) electrons. The molecule has 0 N–H and O–H groups in total. The van der Waals surface area contributed by atoms with Gasteiger partial charge in [0.2, 0.25) is 5.91 Å². The summed E-state index contributed by atoms with van der Waals surface area (Å²) in [4.78, 5) is 21.8. The summed E-state index contributed by atoms with van der Waals surface area (Å²) in [6.07, 6.45) is 0. The molecule has 4 rings (SSSR count). The van der Waals surface area contributed by atoms with Crippen LogP contribution in [0.25, 0.3) is 10.8 Å². The van der Waals surface area contributed by atoms with Crippen molar-refractivity contribution in [2.75, 3.05) is 36.8 Å². The number of thioether (sulfide) groups is 1. The van der Waals surface area contributed by atoms with Crippen LogP contribution in [-0.2, 0) is 4.79 Å². The minimum atomic E-state index is -0.246. The Hall–Kier alpha value is -2.46. The van der Waals surface area contributed by atoms with E-state index < -0.39 is 0 Å². The Bertz CT molecular complexity index is 996. The van der Waals surface area contributed by atoms with Gasteiger partial charge in [0.15, 0.2) is 0 Å². The van der Waals surface area contributed by atoms with E-state index in [4.69, 9.17) is 4.42 Å². The Morgan fingerprint density at radius 1 is 1.17 bits per heavy atom. The minimum Gasteiger partial charge on any atom is -0.410 e. The third kappa shape index (κ3) is 4.59. The van der Waals surface area contributed by atoms with Crippen molar-refractivity contribution in [1.29, 1.82) is 0 Å². The highest BCUT2D eigenvalue weighted by Gasteiger charge is 2.22. The van der Waals surface area contributed by atoms with Crippen molar-refractivity contribution in [1.82, 2.24) is 20.1 Å². The van der Waals surface area contributed by atoms with Gasteiger partial charge in [-0.3, -0.25) is 4.79 Å². The predicted octanol–water partition coefficient (Wildman–Crippen LogP) is 3.39. The first-order chi connectivity index (χ1) is 14.0. The van der Waals surface area contributed by atoms with Crippen LogP contribution < -0.4 is 4.90 Å². The van der Waals surface area contributed by atoms with Crippen molar-refractivity contribution in [2.45, 2.75) is 19.1 Å². The number of aromatic nitrogens is 3. The number of rotatable bonds is 5. The number of anilines is 1. The third-order valence-corrected chi connectivity index (χ3v) is 6.51.